The molecule has 19 heavy (non-hydrogen) atoms. The molecule has 6 heteroatoms. The Labute approximate surface area is 111 Å². The lowest BCUT2D eigenvalue weighted by Gasteiger charge is -2.18. The van der Waals surface area contributed by atoms with E-state index in [1.54, 1.807) is 0 Å². The van der Waals surface area contributed by atoms with Crippen LogP contribution in [0.5, 0.6) is 0 Å². The second-order valence-electron chi connectivity index (χ2n) is 4.97. The summed E-state index contributed by atoms with van der Waals surface area (Å²) in [6.07, 6.45) is 2.40. The molecule has 104 valence electrons. The van der Waals surface area contributed by atoms with Crippen molar-refractivity contribution < 1.29 is 22.7 Å². The van der Waals surface area contributed by atoms with Crippen molar-refractivity contribution in [1.82, 2.24) is 0 Å². The molecule has 0 spiro atoms. The van der Waals surface area contributed by atoms with E-state index in [1.165, 1.54) is 18.2 Å². The molecule has 1 unspecified atom stereocenters. The molecule has 1 atom stereocenters. The third kappa shape index (κ3) is 3.12. The first-order valence-corrected chi connectivity index (χ1v) is 7.90. The van der Waals surface area contributed by atoms with E-state index in [0.29, 0.717) is 0 Å². The molecule has 0 aromatic heterocycles. The Kier molecular flexibility index (Phi) is 3.62. The van der Waals surface area contributed by atoms with Crippen LogP contribution in [0, 0.1) is 11.7 Å². The lowest BCUT2D eigenvalue weighted by atomic mass is 9.90. The molecule has 2 rings (SSSR count). The van der Waals surface area contributed by atoms with Crippen molar-refractivity contribution in [3.05, 3.63) is 29.6 Å². The number of carboxylic acid groups (broad SMARTS) is 1. The summed E-state index contributed by atoms with van der Waals surface area (Å²) in [5.41, 5.74) is 0.0369. The number of sulfone groups is 1. The Morgan fingerprint density at radius 1 is 1.47 bits per heavy atom. The van der Waals surface area contributed by atoms with Gasteiger partial charge in [-0.1, -0.05) is 6.07 Å². The van der Waals surface area contributed by atoms with Crippen LogP contribution in [0.4, 0.5) is 4.39 Å². The summed E-state index contributed by atoms with van der Waals surface area (Å²) in [7, 11) is -3.58. The number of aliphatic carboxylic acids is 1. The molecule has 0 saturated heterocycles. The fourth-order valence-corrected chi connectivity index (χ4v) is 3.37. The van der Waals surface area contributed by atoms with Gasteiger partial charge in [-0.15, -0.1) is 0 Å². The molecule has 0 bridgehead atoms. The maximum Gasteiger partial charge on any atom is 0.303 e. The van der Waals surface area contributed by atoms with E-state index < -0.39 is 27.5 Å². The Bertz CT molecular complexity index is 605. The number of carboxylic acids is 1. The summed E-state index contributed by atoms with van der Waals surface area (Å²) in [6, 6.07) is 3.85. The quantitative estimate of drug-likeness (QED) is 0.900. The first-order chi connectivity index (χ1) is 8.80. The monoisotopic (exact) mass is 286 g/mol. The van der Waals surface area contributed by atoms with Gasteiger partial charge >= 0.3 is 5.97 Å². The molecular formula is C13H15FO4S. The van der Waals surface area contributed by atoms with E-state index in [9.17, 15) is 17.6 Å². The second-order valence-corrected chi connectivity index (χ2v) is 6.95. The Morgan fingerprint density at radius 3 is 2.58 bits per heavy atom. The van der Waals surface area contributed by atoms with Crippen LogP contribution in [0.25, 0.3) is 0 Å². The van der Waals surface area contributed by atoms with E-state index in [0.717, 1.165) is 19.1 Å². The maximum absolute atomic E-state index is 14.0. The highest BCUT2D eigenvalue weighted by Gasteiger charge is 2.37. The minimum absolute atomic E-state index is 0.0369. The number of hydrogen-bond donors (Lipinski definition) is 1. The van der Waals surface area contributed by atoms with Gasteiger partial charge in [0.15, 0.2) is 9.84 Å². The SMILES string of the molecule is CS(=O)(=O)c1cccc(F)c1C(CC(=O)O)C1CC1. The van der Waals surface area contributed by atoms with Crippen LogP contribution in [0.3, 0.4) is 0 Å². The van der Waals surface area contributed by atoms with Crippen LogP contribution in [0.1, 0.15) is 30.7 Å². The normalized spacial score (nSPS) is 17.2. The smallest absolute Gasteiger partial charge is 0.303 e. The van der Waals surface area contributed by atoms with Gasteiger partial charge in [-0.25, -0.2) is 12.8 Å². The third-order valence-electron chi connectivity index (χ3n) is 3.37. The minimum atomic E-state index is -3.58. The van der Waals surface area contributed by atoms with Crippen molar-refractivity contribution >= 4 is 15.8 Å². The molecule has 0 radical (unpaired) electrons. The van der Waals surface area contributed by atoms with Gasteiger partial charge in [0.1, 0.15) is 5.82 Å². The molecule has 1 saturated carbocycles. The zero-order chi connectivity index (χ0) is 14.2. The molecule has 4 nitrogen and oxygen atoms in total. The molecule has 1 aromatic rings. The van der Waals surface area contributed by atoms with E-state index in [1.807, 2.05) is 0 Å². The van der Waals surface area contributed by atoms with Crippen LogP contribution >= 0.6 is 0 Å². The summed E-state index contributed by atoms with van der Waals surface area (Å²) in [6.45, 7) is 0. The van der Waals surface area contributed by atoms with Crippen molar-refractivity contribution in [1.29, 1.82) is 0 Å². The van der Waals surface area contributed by atoms with Gasteiger partial charge in [0, 0.05) is 17.7 Å². The molecule has 1 aliphatic carbocycles. The van der Waals surface area contributed by atoms with Crippen LogP contribution < -0.4 is 0 Å². The largest absolute Gasteiger partial charge is 0.481 e. The van der Waals surface area contributed by atoms with Gasteiger partial charge in [-0.2, -0.15) is 0 Å². The van der Waals surface area contributed by atoms with Crippen molar-refractivity contribution in [3.63, 3.8) is 0 Å². The Balaban J connectivity index is 2.55. The first-order valence-electron chi connectivity index (χ1n) is 6.01. The van der Waals surface area contributed by atoms with E-state index in [4.69, 9.17) is 5.11 Å². The molecule has 1 aliphatic rings. The topological polar surface area (TPSA) is 71.4 Å². The number of carbonyl (C=O) groups is 1. The predicted molar refractivity (Wildman–Crippen MR) is 67.2 cm³/mol. The fraction of sp³-hybridized carbons (Fsp3) is 0.462. The zero-order valence-electron chi connectivity index (χ0n) is 10.5. The van der Waals surface area contributed by atoms with Gasteiger partial charge < -0.3 is 5.11 Å². The summed E-state index contributed by atoms with van der Waals surface area (Å²) in [5.74, 6) is -2.18. The van der Waals surface area contributed by atoms with Crippen molar-refractivity contribution in [2.24, 2.45) is 5.92 Å². The van der Waals surface area contributed by atoms with E-state index >= 15 is 0 Å². The summed E-state index contributed by atoms with van der Waals surface area (Å²) >= 11 is 0. The van der Waals surface area contributed by atoms with Crippen molar-refractivity contribution in [3.8, 4) is 0 Å². The Morgan fingerprint density at radius 2 is 2.11 bits per heavy atom. The van der Waals surface area contributed by atoms with Gasteiger partial charge in [0.25, 0.3) is 0 Å². The van der Waals surface area contributed by atoms with Crippen LogP contribution in [-0.4, -0.2) is 25.7 Å². The summed E-state index contributed by atoms with van der Waals surface area (Å²) in [5, 5.41) is 8.93. The van der Waals surface area contributed by atoms with Gasteiger partial charge in [-0.3, -0.25) is 4.79 Å². The van der Waals surface area contributed by atoms with Crippen molar-refractivity contribution in [2.45, 2.75) is 30.1 Å². The Hall–Kier alpha value is -1.43. The average molecular weight is 286 g/mol. The van der Waals surface area contributed by atoms with E-state index in [2.05, 4.69) is 0 Å². The highest BCUT2D eigenvalue weighted by Crippen LogP contribution is 2.46. The lowest BCUT2D eigenvalue weighted by Crippen LogP contribution is -2.14. The second kappa shape index (κ2) is 4.92. The zero-order valence-corrected chi connectivity index (χ0v) is 11.3. The molecule has 0 aliphatic heterocycles. The van der Waals surface area contributed by atoms with Crippen LogP contribution in [0.2, 0.25) is 0 Å². The highest BCUT2D eigenvalue weighted by molar-refractivity contribution is 7.90. The minimum Gasteiger partial charge on any atom is -0.481 e. The predicted octanol–water partition coefficient (Wildman–Crippen LogP) is 2.20. The first kappa shape index (κ1) is 14.0. The fourth-order valence-electron chi connectivity index (χ4n) is 2.39. The molecule has 1 fully saturated rings. The van der Waals surface area contributed by atoms with Gasteiger partial charge in [0.2, 0.25) is 0 Å². The van der Waals surface area contributed by atoms with Crippen LogP contribution in [-0.2, 0) is 14.6 Å². The molecule has 0 amide bonds. The van der Waals surface area contributed by atoms with Crippen LogP contribution in [0.15, 0.2) is 23.1 Å². The van der Waals surface area contributed by atoms with Gasteiger partial charge in [0.05, 0.1) is 11.3 Å². The number of rotatable bonds is 5. The highest BCUT2D eigenvalue weighted by atomic mass is 32.2. The number of benzene rings is 1. The third-order valence-corrected chi connectivity index (χ3v) is 4.52. The average Bonchev–Trinajstić information content (AvgIpc) is 3.08. The maximum atomic E-state index is 14.0. The number of halogens is 1. The summed E-state index contributed by atoms with van der Waals surface area (Å²) < 4.78 is 37.5. The van der Waals surface area contributed by atoms with Gasteiger partial charge in [-0.05, 0) is 30.9 Å². The molecular weight excluding hydrogens is 271 g/mol. The standard InChI is InChI=1S/C13H15FO4S/c1-19(17,18)11-4-2-3-10(14)13(11)9(7-12(15)16)8-5-6-8/h2-4,8-9H,5-7H2,1H3,(H,15,16). The van der Waals surface area contributed by atoms with E-state index in [-0.39, 0.29) is 22.8 Å². The molecule has 1 aromatic carbocycles. The van der Waals surface area contributed by atoms with Crippen molar-refractivity contribution in [2.75, 3.05) is 6.26 Å². The lowest BCUT2D eigenvalue weighted by molar-refractivity contribution is -0.137. The molecule has 0 heterocycles. The summed E-state index contributed by atoms with van der Waals surface area (Å²) in [4.78, 5) is 10.8. The number of hydrogen-bond acceptors (Lipinski definition) is 3. The molecule has 1 N–H and O–H groups in total.